The molecular weight excluding hydrogens is 362 g/mol. The van der Waals surface area contributed by atoms with Crippen LogP contribution in [0.4, 0.5) is 17.1 Å². The number of carbonyl (C=O) groups excluding carboxylic acids is 1. The van der Waals surface area contributed by atoms with Crippen LogP contribution in [0.1, 0.15) is 5.56 Å². The number of rotatable bonds is 7. The molecule has 1 amide bonds. The summed E-state index contributed by atoms with van der Waals surface area (Å²) in [5.41, 5.74) is 1.33. The maximum atomic E-state index is 12.1. The van der Waals surface area contributed by atoms with Gasteiger partial charge in [-0.05, 0) is 13.0 Å². The molecule has 0 atom stereocenters. The molecule has 2 aromatic carbocycles. The standard InChI is InChI=1S/C17H18ClN3O5/c1-10-4-5-11(6-14(10)21(23)24)20-17(22)9-19-13-8-15(25-2)12(18)7-16(13)26-3/h4-8,19H,9H2,1-3H3,(H,20,22). The molecule has 0 saturated heterocycles. The molecule has 0 aliphatic heterocycles. The highest BCUT2D eigenvalue weighted by Crippen LogP contribution is 2.35. The Labute approximate surface area is 155 Å². The zero-order chi connectivity index (χ0) is 19.3. The molecule has 0 aromatic heterocycles. The van der Waals surface area contributed by atoms with Gasteiger partial charge in [-0.25, -0.2) is 0 Å². The van der Waals surface area contributed by atoms with Crippen molar-refractivity contribution in [3.05, 3.63) is 51.0 Å². The summed E-state index contributed by atoms with van der Waals surface area (Å²) < 4.78 is 10.4. The molecule has 0 bridgehead atoms. The molecule has 0 saturated carbocycles. The average molecular weight is 380 g/mol. The molecule has 0 aliphatic rings. The van der Waals surface area contributed by atoms with Gasteiger partial charge < -0.3 is 20.1 Å². The fraction of sp³-hybridized carbons (Fsp3) is 0.235. The number of hydrogen-bond acceptors (Lipinski definition) is 6. The molecule has 2 N–H and O–H groups in total. The van der Waals surface area contributed by atoms with Crippen LogP contribution in [0.15, 0.2) is 30.3 Å². The second-order valence-electron chi connectivity index (χ2n) is 5.35. The first kappa shape index (κ1) is 19.3. The van der Waals surface area contributed by atoms with Crippen LogP contribution in [0.25, 0.3) is 0 Å². The zero-order valence-electron chi connectivity index (χ0n) is 14.5. The SMILES string of the molecule is COc1cc(NCC(=O)Nc2ccc(C)c([N+](=O)[O-])c2)c(OC)cc1Cl. The summed E-state index contributed by atoms with van der Waals surface area (Å²) in [6.07, 6.45) is 0. The largest absolute Gasteiger partial charge is 0.495 e. The monoisotopic (exact) mass is 379 g/mol. The van der Waals surface area contributed by atoms with Crippen molar-refractivity contribution in [2.45, 2.75) is 6.92 Å². The number of nitrogens with zero attached hydrogens (tertiary/aromatic N) is 1. The highest BCUT2D eigenvalue weighted by Gasteiger charge is 2.14. The van der Waals surface area contributed by atoms with Crippen molar-refractivity contribution in [3.8, 4) is 11.5 Å². The van der Waals surface area contributed by atoms with Gasteiger partial charge >= 0.3 is 0 Å². The molecule has 0 spiro atoms. The molecule has 138 valence electrons. The maximum absolute atomic E-state index is 12.1. The van der Waals surface area contributed by atoms with Gasteiger partial charge in [0, 0.05) is 29.4 Å². The van der Waals surface area contributed by atoms with Gasteiger partial charge in [0.2, 0.25) is 5.91 Å². The normalized spacial score (nSPS) is 10.2. The van der Waals surface area contributed by atoms with Gasteiger partial charge in [-0.15, -0.1) is 0 Å². The third-order valence-electron chi connectivity index (χ3n) is 3.60. The zero-order valence-corrected chi connectivity index (χ0v) is 15.2. The van der Waals surface area contributed by atoms with E-state index in [4.69, 9.17) is 21.1 Å². The van der Waals surface area contributed by atoms with E-state index in [1.165, 1.54) is 20.3 Å². The van der Waals surface area contributed by atoms with Gasteiger partial charge in [0.15, 0.2) is 0 Å². The van der Waals surface area contributed by atoms with Crippen molar-refractivity contribution in [2.75, 3.05) is 31.4 Å². The number of halogens is 1. The fourth-order valence-corrected chi connectivity index (χ4v) is 2.49. The van der Waals surface area contributed by atoms with Crippen LogP contribution in [0.5, 0.6) is 11.5 Å². The third-order valence-corrected chi connectivity index (χ3v) is 3.90. The Bertz CT molecular complexity index is 841. The number of carbonyl (C=O) groups is 1. The molecule has 0 unspecified atom stereocenters. The molecule has 0 fully saturated rings. The summed E-state index contributed by atoms with van der Waals surface area (Å²) in [5, 5.41) is 16.9. The third kappa shape index (κ3) is 4.54. The lowest BCUT2D eigenvalue weighted by atomic mass is 10.2. The van der Waals surface area contributed by atoms with E-state index in [0.717, 1.165) is 0 Å². The Morgan fingerprint density at radius 1 is 1.19 bits per heavy atom. The number of methoxy groups -OCH3 is 2. The molecule has 2 aromatic rings. The van der Waals surface area contributed by atoms with E-state index in [1.54, 1.807) is 31.2 Å². The van der Waals surface area contributed by atoms with Crippen LogP contribution in [0.2, 0.25) is 5.02 Å². The fourth-order valence-electron chi connectivity index (χ4n) is 2.26. The van der Waals surface area contributed by atoms with Crippen LogP contribution in [0.3, 0.4) is 0 Å². The molecule has 8 nitrogen and oxygen atoms in total. The van der Waals surface area contributed by atoms with E-state index < -0.39 is 4.92 Å². The lowest BCUT2D eigenvalue weighted by Crippen LogP contribution is -2.22. The minimum absolute atomic E-state index is 0.0557. The number of nitro groups is 1. The topological polar surface area (TPSA) is 103 Å². The van der Waals surface area contributed by atoms with Gasteiger partial charge in [0.05, 0.1) is 36.4 Å². The minimum atomic E-state index is -0.492. The lowest BCUT2D eigenvalue weighted by Gasteiger charge is -2.14. The Morgan fingerprint density at radius 2 is 1.88 bits per heavy atom. The molecule has 26 heavy (non-hydrogen) atoms. The number of nitrogens with one attached hydrogen (secondary N) is 2. The first-order chi connectivity index (χ1) is 12.3. The van der Waals surface area contributed by atoms with Gasteiger partial charge in [0.1, 0.15) is 11.5 Å². The van der Waals surface area contributed by atoms with Crippen LogP contribution >= 0.6 is 11.6 Å². The van der Waals surface area contributed by atoms with E-state index >= 15 is 0 Å². The van der Waals surface area contributed by atoms with Crippen LogP contribution < -0.4 is 20.1 Å². The van der Waals surface area contributed by atoms with Crippen LogP contribution in [-0.2, 0) is 4.79 Å². The predicted molar refractivity (Wildman–Crippen MR) is 99.5 cm³/mol. The first-order valence-electron chi connectivity index (χ1n) is 7.56. The summed E-state index contributed by atoms with van der Waals surface area (Å²) in [6.45, 7) is 1.55. The maximum Gasteiger partial charge on any atom is 0.274 e. The number of hydrogen-bond donors (Lipinski definition) is 2. The number of amides is 1. The summed E-state index contributed by atoms with van der Waals surface area (Å²) in [6, 6.07) is 7.69. The first-order valence-corrected chi connectivity index (χ1v) is 7.93. The van der Waals surface area contributed by atoms with Gasteiger partial charge in [-0.2, -0.15) is 0 Å². The Morgan fingerprint density at radius 3 is 2.50 bits per heavy atom. The van der Waals surface area contributed by atoms with Gasteiger partial charge in [-0.3, -0.25) is 14.9 Å². The lowest BCUT2D eigenvalue weighted by molar-refractivity contribution is -0.385. The van der Waals surface area contributed by atoms with Crippen LogP contribution in [0, 0.1) is 17.0 Å². The van der Waals surface area contributed by atoms with Crippen molar-refractivity contribution in [3.63, 3.8) is 0 Å². The number of benzene rings is 2. The molecule has 2 rings (SSSR count). The van der Waals surface area contributed by atoms with E-state index in [1.807, 2.05) is 0 Å². The molecule has 0 radical (unpaired) electrons. The molecular formula is C17H18ClN3O5. The summed E-state index contributed by atoms with van der Waals surface area (Å²) in [4.78, 5) is 22.6. The number of anilines is 2. The predicted octanol–water partition coefficient (Wildman–Crippen LogP) is 3.62. The highest BCUT2D eigenvalue weighted by atomic mass is 35.5. The Hall–Kier alpha value is -3.00. The van der Waals surface area contributed by atoms with Crippen molar-refractivity contribution in [2.24, 2.45) is 0 Å². The second kappa shape index (κ2) is 8.39. The average Bonchev–Trinajstić information content (AvgIpc) is 2.61. The highest BCUT2D eigenvalue weighted by molar-refractivity contribution is 6.32. The van der Waals surface area contributed by atoms with Gasteiger partial charge in [-0.1, -0.05) is 17.7 Å². The summed E-state index contributed by atoms with van der Waals surface area (Å²) >= 11 is 6.04. The van der Waals surface area contributed by atoms with E-state index in [9.17, 15) is 14.9 Å². The quantitative estimate of drug-likeness (QED) is 0.562. The second-order valence-corrected chi connectivity index (χ2v) is 5.75. The number of nitro benzene ring substituents is 1. The van der Waals surface area contributed by atoms with Crippen LogP contribution in [-0.4, -0.2) is 31.6 Å². The number of aryl methyl sites for hydroxylation is 1. The van der Waals surface area contributed by atoms with Crippen molar-refractivity contribution in [1.29, 1.82) is 0 Å². The van der Waals surface area contributed by atoms with E-state index in [-0.39, 0.29) is 18.1 Å². The van der Waals surface area contributed by atoms with Crippen molar-refractivity contribution < 1.29 is 19.2 Å². The minimum Gasteiger partial charge on any atom is -0.495 e. The van der Waals surface area contributed by atoms with E-state index in [0.29, 0.717) is 33.5 Å². The summed E-state index contributed by atoms with van der Waals surface area (Å²) in [5.74, 6) is 0.512. The van der Waals surface area contributed by atoms with Gasteiger partial charge in [0.25, 0.3) is 5.69 Å². The molecule has 0 heterocycles. The Balaban J connectivity index is 2.08. The van der Waals surface area contributed by atoms with E-state index in [2.05, 4.69) is 10.6 Å². The number of ether oxygens (including phenoxy) is 2. The smallest absolute Gasteiger partial charge is 0.274 e. The molecule has 0 aliphatic carbocycles. The van der Waals surface area contributed by atoms with Crippen molar-refractivity contribution in [1.82, 2.24) is 0 Å². The molecule has 9 heteroatoms. The summed E-state index contributed by atoms with van der Waals surface area (Å²) in [7, 11) is 2.96. The van der Waals surface area contributed by atoms with Crippen molar-refractivity contribution >= 4 is 34.6 Å². The Kier molecular flexibility index (Phi) is 6.24.